The van der Waals surface area contributed by atoms with Crippen LogP contribution in [0.1, 0.15) is 47.3 Å². The van der Waals surface area contributed by atoms with Crippen molar-refractivity contribution in [1.29, 1.82) is 5.26 Å². The van der Waals surface area contributed by atoms with Crippen molar-refractivity contribution in [3.05, 3.63) is 58.2 Å². The van der Waals surface area contributed by atoms with Crippen LogP contribution in [-0.4, -0.2) is 47.2 Å². The lowest BCUT2D eigenvalue weighted by Crippen LogP contribution is -2.45. The highest BCUT2D eigenvalue weighted by Crippen LogP contribution is 2.44. The number of rotatable bonds is 6. The van der Waals surface area contributed by atoms with E-state index in [0.717, 1.165) is 36.7 Å². The third-order valence-corrected chi connectivity index (χ3v) is 8.61. The van der Waals surface area contributed by atoms with Crippen LogP contribution in [0.3, 0.4) is 0 Å². The van der Waals surface area contributed by atoms with Gasteiger partial charge in [-0.1, -0.05) is 6.07 Å². The molecule has 5 rings (SSSR count). The second kappa shape index (κ2) is 10.5. The number of nitrogens with zero attached hydrogens (tertiary/aromatic N) is 2. The first-order valence-electron chi connectivity index (χ1n) is 12.7. The van der Waals surface area contributed by atoms with Crippen LogP contribution in [-0.2, 0) is 0 Å². The number of anilines is 2. The highest BCUT2D eigenvalue weighted by molar-refractivity contribution is 7.18. The zero-order valence-electron chi connectivity index (χ0n) is 21.1. The lowest BCUT2D eigenvalue weighted by Gasteiger charge is -2.37. The maximum atomic E-state index is 15.6. The van der Waals surface area contributed by atoms with E-state index in [0.29, 0.717) is 37.1 Å². The summed E-state index contributed by atoms with van der Waals surface area (Å²) in [5.41, 5.74) is 11.1. The number of nitrogen functional groups attached to an aromatic ring is 1. The number of halogens is 3. The molecule has 1 saturated carbocycles. The molecule has 204 valence electrons. The molecule has 3 aromatic rings. The van der Waals surface area contributed by atoms with Crippen molar-refractivity contribution < 1.29 is 23.1 Å². The van der Waals surface area contributed by atoms with Gasteiger partial charge in [0.1, 0.15) is 11.9 Å². The first-order valence-corrected chi connectivity index (χ1v) is 13.5. The molecule has 1 saturated heterocycles. The lowest BCUT2D eigenvalue weighted by atomic mass is 9.80. The lowest BCUT2D eigenvalue weighted by molar-refractivity contribution is -0.0202. The minimum Gasteiger partial charge on any atom is -0.397 e. The molecule has 1 atom stereocenters. The molecule has 2 fully saturated rings. The monoisotopic (exact) mass is 555 g/mol. The Bertz CT molecular complexity index is 1480. The van der Waals surface area contributed by atoms with Gasteiger partial charge in [-0.15, -0.1) is 11.3 Å². The van der Waals surface area contributed by atoms with Gasteiger partial charge in [0.2, 0.25) is 0 Å². The average molecular weight is 556 g/mol. The van der Waals surface area contributed by atoms with Crippen molar-refractivity contribution in [2.24, 2.45) is 5.73 Å². The number of piperidine rings is 1. The zero-order chi connectivity index (χ0) is 27.9. The zero-order valence-corrected chi connectivity index (χ0v) is 21.9. The van der Waals surface area contributed by atoms with Crippen LogP contribution in [0.5, 0.6) is 0 Å². The molecule has 39 heavy (non-hydrogen) atoms. The van der Waals surface area contributed by atoms with Gasteiger partial charge in [0, 0.05) is 41.7 Å². The van der Waals surface area contributed by atoms with E-state index in [1.807, 2.05) is 0 Å². The Hall–Kier alpha value is -3.59. The van der Waals surface area contributed by atoms with Gasteiger partial charge in [0.25, 0.3) is 5.91 Å². The predicted octanol–water partition coefficient (Wildman–Crippen LogP) is 4.84. The number of carbonyl (C=O) groups is 1. The van der Waals surface area contributed by atoms with E-state index in [1.165, 1.54) is 24.3 Å². The summed E-state index contributed by atoms with van der Waals surface area (Å²) in [5, 5.41) is 22.2. The summed E-state index contributed by atoms with van der Waals surface area (Å²) in [7, 11) is 0. The number of carbonyl (C=O) groups excluding carboxylic acids is 1. The fourth-order valence-corrected chi connectivity index (χ4v) is 6.20. The maximum Gasteiger partial charge on any atom is 0.264 e. The van der Waals surface area contributed by atoms with Crippen LogP contribution < -0.4 is 16.8 Å². The Balaban J connectivity index is 1.58. The molecule has 1 amide bonds. The molecule has 2 aromatic carbocycles. The van der Waals surface area contributed by atoms with E-state index in [-0.39, 0.29) is 50.7 Å². The number of thiophene rings is 1. The standard InChI is InChI=1S/C28H28F3N5O2S/c29-20-9-15(4-5-16(20)12-32)18-11-22(27(37)36-8-1-3-17(33)13-36)39-26(18)19-10-21(34)25(24(31)23(19)30)35-14-28(38)6-2-7-28/h4-5,9-11,17,35,38H,1-3,6-8,13-14,33-34H2. The molecule has 2 heterocycles. The maximum absolute atomic E-state index is 15.6. The molecule has 7 nitrogen and oxygen atoms in total. The molecular formula is C28H28F3N5O2S. The van der Waals surface area contributed by atoms with Crippen molar-refractivity contribution in [1.82, 2.24) is 4.90 Å². The molecule has 6 N–H and O–H groups in total. The van der Waals surface area contributed by atoms with Gasteiger partial charge in [-0.3, -0.25) is 4.79 Å². The third kappa shape index (κ3) is 5.20. The van der Waals surface area contributed by atoms with Crippen molar-refractivity contribution >= 4 is 28.6 Å². The van der Waals surface area contributed by atoms with Crippen LogP contribution in [0.4, 0.5) is 24.5 Å². The van der Waals surface area contributed by atoms with E-state index in [2.05, 4.69) is 5.32 Å². The summed E-state index contributed by atoms with van der Waals surface area (Å²) >= 11 is 0.952. The van der Waals surface area contributed by atoms with E-state index >= 15 is 8.78 Å². The van der Waals surface area contributed by atoms with Crippen molar-refractivity contribution in [3.63, 3.8) is 0 Å². The second-order valence-electron chi connectivity index (χ2n) is 10.3. The number of amides is 1. The first-order chi connectivity index (χ1) is 18.6. The van der Waals surface area contributed by atoms with Gasteiger partial charge in [-0.25, -0.2) is 13.2 Å². The van der Waals surface area contributed by atoms with E-state index < -0.39 is 23.1 Å². The second-order valence-corrected chi connectivity index (χ2v) is 11.3. The Morgan fingerprint density at radius 2 is 1.95 bits per heavy atom. The van der Waals surface area contributed by atoms with Gasteiger partial charge in [0.15, 0.2) is 11.6 Å². The molecule has 0 bridgehead atoms. The summed E-state index contributed by atoms with van der Waals surface area (Å²) in [4.78, 5) is 15.4. The number of hydrogen-bond donors (Lipinski definition) is 4. The Morgan fingerprint density at radius 3 is 2.59 bits per heavy atom. The highest BCUT2D eigenvalue weighted by atomic mass is 32.1. The molecule has 2 aliphatic rings. The van der Waals surface area contributed by atoms with E-state index in [9.17, 15) is 14.3 Å². The number of hydrogen-bond acceptors (Lipinski definition) is 7. The normalized spacial score (nSPS) is 18.4. The quantitative estimate of drug-likeness (QED) is 0.322. The van der Waals surface area contributed by atoms with Gasteiger partial charge in [-0.05, 0) is 61.9 Å². The summed E-state index contributed by atoms with van der Waals surface area (Å²) in [6.45, 7) is 0.914. The summed E-state index contributed by atoms with van der Waals surface area (Å²) in [5.74, 6) is -3.49. The van der Waals surface area contributed by atoms with Crippen LogP contribution in [0, 0.1) is 28.8 Å². The third-order valence-electron chi connectivity index (χ3n) is 7.45. The SMILES string of the molecule is N#Cc1ccc(-c2cc(C(=O)N3CCCC(N)C3)sc2-c2cc(N)c(NCC3(O)CCC3)c(F)c2F)cc1F. The van der Waals surface area contributed by atoms with Crippen molar-refractivity contribution in [2.75, 3.05) is 30.7 Å². The average Bonchev–Trinajstić information content (AvgIpc) is 3.34. The Labute approximate surface area is 227 Å². The minimum absolute atomic E-state index is 0.0261. The van der Waals surface area contributed by atoms with Crippen molar-refractivity contribution in [2.45, 2.75) is 43.7 Å². The minimum atomic E-state index is -1.21. The van der Waals surface area contributed by atoms with Gasteiger partial charge in [0.05, 0.1) is 27.4 Å². The Morgan fingerprint density at radius 1 is 1.18 bits per heavy atom. The van der Waals surface area contributed by atoms with Crippen LogP contribution >= 0.6 is 11.3 Å². The number of nitriles is 1. The fraction of sp³-hybridized carbons (Fsp3) is 0.357. The van der Waals surface area contributed by atoms with Crippen LogP contribution in [0.15, 0.2) is 30.3 Å². The molecule has 11 heteroatoms. The van der Waals surface area contributed by atoms with Gasteiger partial charge < -0.3 is 26.8 Å². The summed E-state index contributed by atoms with van der Waals surface area (Å²) in [6, 6.07) is 8.31. The molecule has 1 aromatic heterocycles. The largest absolute Gasteiger partial charge is 0.397 e. The van der Waals surface area contributed by atoms with E-state index in [1.54, 1.807) is 11.0 Å². The van der Waals surface area contributed by atoms with Gasteiger partial charge in [-0.2, -0.15) is 5.26 Å². The molecule has 0 radical (unpaired) electrons. The smallest absolute Gasteiger partial charge is 0.264 e. The number of nitrogens with one attached hydrogen (secondary N) is 1. The van der Waals surface area contributed by atoms with Crippen LogP contribution in [0.2, 0.25) is 0 Å². The highest BCUT2D eigenvalue weighted by Gasteiger charge is 2.35. The predicted molar refractivity (Wildman–Crippen MR) is 145 cm³/mol. The molecular weight excluding hydrogens is 527 g/mol. The number of aliphatic hydroxyl groups is 1. The number of nitrogens with two attached hydrogens (primary N) is 2. The van der Waals surface area contributed by atoms with E-state index in [4.69, 9.17) is 16.7 Å². The molecule has 1 aliphatic heterocycles. The molecule has 0 spiro atoms. The van der Waals surface area contributed by atoms with Crippen molar-refractivity contribution in [3.8, 4) is 27.6 Å². The topological polar surface area (TPSA) is 128 Å². The first kappa shape index (κ1) is 27.0. The van der Waals surface area contributed by atoms with Crippen LogP contribution in [0.25, 0.3) is 21.6 Å². The fourth-order valence-electron chi connectivity index (χ4n) is 5.04. The summed E-state index contributed by atoms with van der Waals surface area (Å²) < 4.78 is 45.5. The number of benzene rings is 2. The summed E-state index contributed by atoms with van der Waals surface area (Å²) in [6.07, 6.45) is 3.52. The number of likely N-dealkylation sites (tertiary alicyclic amines) is 1. The molecule has 1 unspecified atom stereocenters. The van der Waals surface area contributed by atoms with Gasteiger partial charge >= 0.3 is 0 Å². The molecule has 1 aliphatic carbocycles. The Kier molecular flexibility index (Phi) is 7.29.